The first kappa shape index (κ1) is 50.1. The van der Waals surface area contributed by atoms with Crippen molar-refractivity contribution in [2.45, 2.75) is 185 Å². The van der Waals surface area contributed by atoms with Gasteiger partial charge in [0.2, 0.25) is 5.91 Å². The molecule has 2 saturated carbocycles. The summed E-state index contributed by atoms with van der Waals surface area (Å²) in [6, 6.07) is 12.6. The number of carbonyl (C=O) groups excluding carboxylic acids is 2. The van der Waals surface area contributed by atoms with Crippen LogP contribution < -0.4 is 10.1 Å². The van der Waals surface area contributed by atoms with E-state index in [1.54, 1.807) is 24.3 Å². The average Bonchev–Trinajstić information content (AvgIpc) is 3.89. The van der Waals surface area contributed by atoms with Crippen LogP contribution in [-0.4, -0.2) is 55.9 Å². The molecular formula is C53H70Cl3N5O5. The number of rotatable bonds is 25. The van der Waals surface area contributed by atoms with Gasteiger partial charge in [-0.25, -0.2) is 0 Å². The molecule has 3 fully saturated rings. The third-order valence-corrected chi connectivity index (χ3v) is 14.6. The Morgan fingerprint density at radius 2 is 1.52 bits per heavy atom. The number of aromatic nitrogens is 3. The topological polar surface area (TPSA) is 123 Å². The van der Waals surface area contributed by atoms with Gasteiger partial charge in [0.05, 0.1) is 26.2 Å². The lowest BCUT2D eigenvalue weighted by atomic mass is 9.66. The molecule has 2 aromatic heterocycles. The number of aliphatic hydroxyl groups is 1. The number of amides is 2. The van der Waals surface area contributed by atoms with Gasteiger partial charge in [-0.1, -0.05) is 123 Å². The van der Waals surface area contributed by atoms with E-state index in [9.17, 15) is 14.7 Å². The number of hydrogen-bond acceptors (Lipinski definition) is 7. The first-order valence-corrected chi connectivity index (χ1v) is 26.0. The van der Waals surface area contributed by atoms with Crippen LogP contribution in [0.4, 0.5) is 0 Å². The first-order valence-electron chi connectivity index (χ1n) is 24.9. The Morgan fingerprint density at radius 3 is 2.15 bits per heavy atom. The summed E-state index contributed by atoms with van der Waals surface area (Å²) in [7, 11) is 0. The number of benzene rings is 2. The molecule has 0 unspecified atom stereocenters. The maximum atomic E-state index is 13.6. The quantitative estimate of drug-likeness (QED) is 0.0501. The van der Waals surface area contributed by atoms with Gasteiger partial charge in [-0.3, -0.25) is 14.3 Å². The lowest BCUT2D eigenvalue weighted by molar-refractivity contribution is -0.132. The van der Waals surface area contributed by atoms with Crippen LogP contribution in [0.25, 0.3) is 11.3 Å². The second-order valence-electron chi connectivity index (χ2n) is 19.3. The molecule has 0 atom stereocenters. The fraction of sp³-hybridized carbons (Fsp3) is 0.585. The minimum absolute atomic E-state index is 0.0149. The molecule has 358 valence electrons. The van der Waals surface area contributed by atoms with Crippen LogP contribution in [0.5, 0.6) is 5.75 Å². The summed E-state index contributed by atoms with van der Waals surface area (Å²) in [6.45, 7) is 7.84. The summed E-state index contributed by atoms with van der Waals surface area (Å²) in [5.74, 6) is 1.62. The fourth-order valence-corrected chi connectivity index (χ4v) is 10.6. The van der Waals surface area contributed by atoms with Gasteiger partial charge in [0.15, 0.2) is 0 Å². The largest absolute Gasteiger partial charge is 0.489 e. The van der Waals surface area contributed by atoms with E-state index < -0.39 is 5.60 Å². The molecule has 2 aliphatic carbocycles. The Hall–Kier alpha value is -3.83. The number of nitrogens with one attached hydrogen (secondary N) is 1. The number of allylic oxidation sites excluding steroid dienone is 2. The van der Waals surface area contributed by atoms with Crippen molar-refractivity contribution in [1.29, 1.82) is 0 Å². The van der Waals surface area contributed by atoms with E-state index in [2.05, 4.69) is 29.5 Å². The molecule has 2 N–H and O–H groups in total. The Labute approximate surface area is 407 Å². The normalized spacial score (nSPS) is 18.9. The van der Waals surface area contributed by atoms with E-state index in [4.69, 9.17) is 49.2 Å². The van der Waals surface area contributed by atoms with Gasteiger partial charge in [-0.15, -0.1) is 0 Å². The third-order valence-electron chi connectivity index (χ3n) is 13.7. The number of hydrogen-bond donors (Lipinski definition) is 2. The number of nitrogens with zero attached hydrogens (tertiary/aromatic N) is 4. The van der Waals surface area contributed by atoms with E-state index in [-0.39, 0.29) is 42.3 Å². The summed E-state index contributed by atoms with van der Waals surface area (Å²) in [5, 5.41) is 25.5. The summed E-state index contributed by atoms with van der Waals surface area (Å²) in [6.07, 6.45) is 25.8. The maximum Gasteiger partial charge on any atom is 0.272 e. The average molecular weight is 964 g/mol. The smallest absolute Gasteiger partial charge is 0.272 e. The zero-order valence-electron chi connectivity index (χ0n) is 39.3. The van der Waals surface area contributed by atoms with E-state index >= 15 is 0 Å². The van der Waals surface area contributed by atoms with Gasteiger partial charge in [0, 0.05) is 60.3 Å². The number of halogens is 3. The molecule has 3 aliphatic rings. The molecule has 66 heavy (non-hydrogen) atoms. The fourth-order valence-electron chi connectivity index (χ4n) is 9.63. The van der Waals surface area contributed by atoms with Crippen LogP contribution in [0.15, 0.2) is 59.1 Å². The minimum atomic E-state index is -1.15. The lowest BCUT2D eigenvalue weighted by Gasteiger charge is -2.44. The first-order chi connectivity index (χ1) is 32.0. The molecule has 2 amide bonds. The van der Waals surface area contributed by atoms with Crippen LogP contribution in [0.3, 0.4) is 0 Å². The van der Waals surface area contributed by atoms with Gasteiger partial charge in [0.25, 0.3) is 5.91 Å². The maximum absolute atomic E-state index is 13.6. The monoisotopic (exact) mass is 961 g/mol. The Morgan fingerprint density at radius 1 is 0.864 bits per heavy atom. The molecule has 4 aromatic rings. The minimum Gasteiger partial charge on any atom is -0.489 e. The molecule has 0 radical (unpaired) electrons. The van der Waals surface area contributed by atoms with Crippen molar-refractivity contribution in [2.24, 2.45) is 0 Å². The van der Waals surface area contributed by atoms with Crippen LogP contribution in [0, 0.1) is 0 Å². The van der Waals surface area contributed by atoms with E-state index in [1.165, 1.54) is 64.2 Å². The zero-order chi connectivity index (χ0) is 46.6. The van der Waals surface area contributed by atoms with Crippen LogP contribution in [0.1, 0.15) is 200 Å². The molecular weight excluding hydrogens is 893 g/mol. The van der Waals surface area contributed by atoms with Gasteiger partial charge < -0.3 is 24.6 Å². The van der Waals surface area contributed by atoms with Crippen molar-refractivity contribution in [3.8, 4) is 17.0 Å². The van der Waals surface area contributed by atoms with Crippen molar-refractivity contribution in [3.63, 3.8) is 0 Å². The summed E-state index contributed by atoms with van der Waals surface area (Å²) < 4.78 is 14.0. The molecule has 10 nitrogen and oxygen atoms in total. The molecule has 13 heteroatoms. The highest BCUT2D eigenvalue weighted by Crippen LogP contribution is 2.53. The van der Waals surface area contributed by atoms with Crippen molar-refractivity contribution in [1.82, 2.24) is 25.2 Å². The molecule has 1 aliphatic heterocycles. The SMILES string of the molecule is CCCCCCCCC=CCCCCCCCC(=O)N1CCC(NC(=O)c2cc(C3CC(O)(c4ccc(OCc5c(-c6c(Cl)cccc6Cl)noc5C5CC5)cc4Cl)C3)n(C(C)C)n2)CC1. The molecule has 7 rings (SSSR count). The summed E-state index contributed by atoms with van der Waals surface area (Å²) >= 11 is 20.0. The highest BCUT2D eigenvalue weighted by molar-refractivity contribution is 6.39. The molecule has 1 saturated heterocycles. The molecule has 0 spiro atoms. The van der Waals surface area contributed by atoms with Gasteiger partial charge in [0.1, 0.15) is 29.5 Å². The van der Waals surface area contributed by atoms with Gasteiger partial charge in [-0.2, -0.15) is 5.10 Å². The van der Waals surface area contributed by atoms with Crippen LogP contribution >= 0.6 is 34.8 Å². The van der Waals surface area contributed by atoms with Crippen LogP contribution in [-0.2, 0) is 17.0 Å². The summed E-state index contributed by atoms with van der Waals surface area (Å²) in [5.41, 5.74) is 2.76. The van der Waals surface area contributed by atoms with Gasteiger partial charge in [-0.05, 0) is 115 Å². The predicted octanol–water partition coefficient (Wildman–Crippen LogP) is 14.1. The van der Waals surface area contributed by atoms with Crippen molar-refractivity contribution >= 4 is 46.6 Å². The van der Waals surface area contributed by atoms with Gasteiger partial charge >= 0.3 is 0 Å². The Bertz CT molecular complexity index is 2230. The summed E-state index contributed by atoms with van der Waals surface area (Å²) in [4.78, 5) is 28.5. The highest BCUT2D eigenvalue weighted by Gasteiger charge is 2.47. The van der Waals surface area contributed by atoms with E-state index in [0.29, 0.717) is 75.7 Å². The number of ether oxygens (including phenoxy) is 1. The van der Waals surface area contributed by atoms with Crippen molar-refractivity contribution in [2.75, 3.05) is 13.1 Å². The van der Waals surface area contributed by atoms with E-state index in [0.717, 1.165) is 62.0 Å². The molecule has 2 aromatic carbocycles. The van der Waals surface area contributed by atoms with Crippen molar-refractivity contribution < 1.29 is 24.0 Å². The Kier molecular flexibility index (Phi) is 18.2. The number of carbonyl (C=O) groups is 2. The zero-order valence-corrected chi connectivity index (χ0v) is 41.5. The highest BCUT2D eigenvalue weighted by atomic mass is 35.5. The second-order valence-corrected chi connectivity index (χ2v) is 20.5. The van der Waals surface area contributed by atoms with E-state index in [1.807, 2.05) is 41.6 Å². The predicted molar refractivity (Wildman–Crippen MR) is 265 cm³/mol. The third kappa shape index (κ3) is 13.0. The van der Waals surface area contributed by atoms with Crippen LogP contribution in [0.2, 0.25) is 15.1 Å². The number of likely N-dealkylation sites (tertiary alicyclic amines) is 1. The molecule has 0 bridgehead atoms. The van der Waals surface area contributed by atoms with Crippen molar-refractivity contribution in [3.05, 3.63) is 98.0 Å². The second kappa shape index (κ2) is 23.9. The standard InChI is InChI=1S/C53H70Cl3N5O5/c1-4-5-6-7-8-9-10-11-12-13-14-15-16-17-18-22-48(62)60-29-27-39(28-30-60)57-52(63)46-32-47(61(58-46)36(2)3)38-33-53(64,34-38)42-26-25-40(31-45(42)56)65-35-41-50(59-66-51(41)37-23-24-37)49-43(54)20-19-21-44(49)55/h11-12,19-21,25-26,31-32,36-39,64H,4-10,13-18,22-24,27-30,33-35H2,1-3H3,(H,57,63). The number of unbranched alkanes of at least 4 members (excludes halogenated alkanes) is 11. The lowest BCUT2D eigenvalue weighted by Crippen LogP contribution is -2.46. The number of piperidine rings is 1. The Balaban J connectivity index is 0.835. The molecule has 3 heterocycles.